The molecule has 0 aliphatic carbocycles. The molecule has 0 aliphatic rings. The van der Waals surface area contributed by atoms with Gasteiger partial charge in [0, 0.05) is 5.69 Å². The van der Waals surface area contributed by atoms with Crippen LogP contribution in [0.1, 0.15) is 45.1 Å². The highest BCUT2D eigenvalue weighted by molar-refractivity contribution is 7.80. The van der Waals surface area contributed by atoms with Crippen molar-refractivity contribution in [2.24, 2.45) is 11.1 Å². The van der Waals surface area contributed by atoms with Crippen LogP contribution >= 0.6 is 12.2 Å². The van der Waals surface area contributed by atoms with Gasteiger partial charge in [-0.25, -0.2) is 4.39 Å². The molecule has 116 valence electrons. The SMILES string of the molecule is CCCC(CCC)(C(=O)Nc1ccc(F)cc1C)C(N)=S. The molecule has 21 heavy (non-hydrogen) atoms. The molecular formula is C16H23FN2OS. The zero-order valence-corrected chi connectivity index (χ0v) is 13.6. The maximum absolute atomic E-state index is 13.1. The summed E-state index contributed by atoms with van der Waals surface area (Å²) >= 11 is 5.16. The Balaban J connectivity index is 3.08. The van der Waals surface area contributed by atoms with E-state index in [0.717, 1.165) is 12.8 Å². The summed E-state index contributed by atoms with van der Waals surface area (Å²) in [5, 5.41) is 2.86. The lowest BCUT2D eigenvalue weighted by Gasteiger charge is -2.31. The maximum Gasteiger partial charge on any atom is 0.237 e. The first kappa shape index (κ1) is 17.6. The van der Waals surface area contributed by atoms with E-state index < -0.39 is 5.41 Å². The van der Waals surface area contributed by atoms with Gasteiger partial charge >= 0.3 is 0 Å². The minimum Gasteiger partial charge on any atom is -0.392 e. The molecule has 1 aromatic carbocycles. The van der Waals surface area contributed by atoms with Crippen LogP contribution < -0.4 is 11.1 Å². The number of thiocarbonyl (C=S) groups is 1. The average molecular weight is 310 g/mol. The smallest absolute Gasteiger partial charge is 0.237 e. The minimum absolute atomic E-state index is 0.201. The highest BCUT2D eigenvalue weighted by Gasteiger charge is 2.39. The number of rotatable bonds is 7. The van der Waals surface area contributed by atoms with Gasteiger partial charge in [-0.3, -0.25) is 4.79 Å². The summed E-state index contributed by atoms with van der Waals surface area (Å²) in [4.78, 5) is 12.9. The molecule has 1 aromatic rings. The number of nitrogens with two attached hydrogens (primary N) is 1. The molecule has 1 rings (SSSR count). The highest BCUT2D eigenvalue weighted by Crippen LogP contribution is 2.32. The van der Waals surface area contributed by atoms with E-state index in [2.05, 4.69) is 5.32 Å². The topological polar surface area (TPSA) is 55.1 Å². The van der Waals surface area contributed by atoms with Gasteiger partial charge in [-0.2, -0.15) is 0 Å². The number of aryl methyl sites for hydroxylation is 1. The first-order chi connectivity index (χ1) is 9.87. The Morgan fingerprint density at radius 3 is 2.33 bits per heavy atom. The van der Waals surface area contributed by atoms with E-state index in [-0.39, 0.29) is 16.7 Å². The van der Waals surface area contributed by atoms with Crippen LogP contribution in [-0.4, -0.2) is 10.9 Å². The Labute approximate surface area is 131 Å². The molecule has 0 bridgehead atoms. The van der Waals surface area contributed by atoms with E-state index in [9.17, 15) is 9.18 Å². The Morgan fingerprint density at radius 1 is 1.33 bits per heavy atom. The van der Waals surface area contributed by atoms with Crippen molar-refractivity contribution in [3.05, 3.63) is 29.6 Å². The van der Waals surface area contributed by atoms with Crippen LogP contribution in [0.25, 0.3) is 0 Å². The van der Waals surface area contributed by atoms with Gasteiger partial charge in [0.25, 0.3) is 0 Å². The molecule has 0 aliphatic heterocycles. The monoisotopic (exact) mass is 310 g/mol. The van der Waals surface area contributed by atoms with Crippen LogP contribution in [0.5, 0.6) is 0 Å². The number of hydrogen-bond acceptors (Lipinski definition) is 2. The number of carbonyl (C=O) groups is 1. The summed E-state index contributed by atoms with van der Waals surface area (Å²) < 4.78 is 13.1. The first-order valence-corrected chi connectivity index (χ1v) is 7.65. The summed E-state index contributed by atoms with van der Waals surface area (Å²) in [5.74, 6) is -0.526. The van der Waals surface area contributed by atoms with Gasteiger partial charge in [-0.15, -0.1) is 0 Å². The number of anilines is 1. The number of nitrogens with one attached hydrogen (secondary N) is 1. The van der Waals surface area contributed by atoms with Crippen molar-refractivity contribution in [2.45, 2.75) is 46.5 Å². The molecule has 3 nitrogen and oxygen atoms in total. The predicted molar refractivity (Wildman–Crippen MR) is 88.8 cm³/mol. The van der Waals surface area contributed by atoms with Gasteiger partial charge in [0.2, 0.25) is 5.91 Å². The van der Waals surface area contributed by atoms with Crippen molar-refractivity contribution in [3.63, 3.8) is 0 Å². The molecule has 1 amide bonds. The van der Waals surface area contributed by atoms with Gasteiger partial charge < -0.3 is 11.1 Å². The lowest BCUT2D eigenvalue weighted by atomic mass is 9.78. The third-order valence-corrected chi connectivity index (χ3v) is 4.09. The van der Waals surface area contributed by atoms with Gasteiger partial charge in [0.15, 0.2) is 0 Å². The molecule has 0 atom stereocenters. The number of amides is 1. The lowest BCUT2D eigenvalue weighted by Crippen LogP contribution is -2.46. The van der Waals surface area contributed by atoms with E-state index in [1.807, 2.05) is 13.8 Å². The van der Waals surface area contributed by atoms with E-state index in [1.165, 1.54) is 12.1 Å². The van der Waals surface area contributed by atoms with Crippen LogP contribution in [0.3, 0.4) is 0 Å². The third-order valence-electron chi connectivity index (χ3n) is 3.70. The van der Waals surface area contributed by atoms with Crippen molar-refractivity contribution in [3.8, 4) is 0 Å². The van der Waals surface area contributed by atoms with Crippen LogP contribution in [0, 0.1) is 18.2 Å². The summed E-state index contributed by atoms with van der Waals surface area (Å²) in [5.41, 5.74) is 6.30. The van der Waals surface area contributed by atoms with Gasteiger partial charge in [-0.05, 0) is 43.5 Å². The molecule has 0 spiro atoms. The van der Waals surface area contributed by atoms with Gasteiger partial charge in [-0.1, -0.05) is 38.9 Å². The number of benzene rings is 1. The summed E-state index contributed by atoms with van der Waals surface area (Å²) in [7, 11) is 0. The number of hydrogen-bond donors (Lipinski definition) is 2. The van der Waals surface area contributed by atoms with Crippen molar-refractivity contribution >= 4 is 28.8 Å². The normalized spacial score (nSPS) is 11.2. The van der Waals surface area contributed by atoms with Crippen molar-refractivity contribution in [1.82, 2.24) is 0 Å². The molecule has 0 fully saturated rings. The average Bonchev–Trinajstić information content (AvgIpc) is 2.41. The fourth-order valence-corrected chi connectivity index (χ4v) is 2.87. The zero-order chi connectivity index (χ0) is 16.0. The lowest BCUT2D eigenvalue weighted by molar-refractivity contribution is -0.122. The number of carbonyl (C=O) groups excluding carboxylic acids is 1. The van der Waals surface area contributed by atoms with E-state index in [4.69, 9.17) is 18.0 Å². The Morgan fingerprint density at radius 2 is 1.90 bits per heavy atom. The molecule has 0 saturated carbocycles. The molecular weight excluding hydrogens is 287 g/mol. The summed E-state index contributed by atoms with van der Waals surface area (Å²) in [6.07, 6.45) is 2.85. The maximum atomic E-state index is 13.1. The first-order valence-electron chi connectivity index (χ1n) is 7.25. The largest absolute Gasteiger partial charge is 0.392 e. The Bertz CT molecular complexity index is 525. The molecule has 0 saturated heterocycles. The summed E-state index contributed by atoms with van der Waals surface area (Å²) in [6, 6.07) is 4.27. The quantitative estimate of drug-likeness (QED) is 0.750. The Kier molecular flexibility index (Phi) is 6.27. The van der Waals surface area contributed by atoms with E-state index >= 15 is 0 Å². The standard InChI is InChI=1S/C16H23FN2OS/c1-4-8-16(9-5-2,14(18)21)15(20)19-13-7-6-12(17)10-11(13)3/h6-7,10H,4-5,8-9H2,1-3H3,(H2,18,21)(H,19,20). The molecule has 5 heteroatoms. The second-order valence-corrected chi connectivity index (χ2v) is 5.80. The second kappa shape index (κ2) is 7.50. The van der Waals surface area contributed by atoms with E-state index in [1.54, 1.807) is 13.0 Å². The van der Waals surface area contributed by atoms with Gasteiger partial charge in [0.1, 0.15) is 5.82 Å². The second-order valence-electron chi connectivity index (χ2n) is 5.36. The molecule has 0 unspecified atom stereocenters. The fourth-order valence-electron chi connectivity index (χ4n) is 2.57. The van der Waals surface area contributed by atoms with Crippen LogP contribution in [0.2, 0.25) is 0 Å². The molecule has 0 radical (unpaired) electrons. The Hall–Kier alpha value is -1.49. The van der Waals surface area contributed by atoms with Gasteiger partial charge in [0.05, 0.1) is 10.4 Å². The van der Waals surface area contributed by atoms with E-state index in [0.29, 0.717) is 24.1 Å². The fraction of sp³-hybridized carbons (Fsp3) is 0.500. The van der Waals surface area contributed by atoms with Crippen LogP contribution in [0.4, 0.5) is 10.1 Å². The molecule has 3 N–H and O–H groups in total. The van der Waals surface area contributed by atoms with Crippen LogP contribution in [-0.2, 0) is 4.79 Å². The number of halogens is 1. The third kappa shape index (κ3) is 4.00. The molecule has 0 heterocycles. The van der Waals surface area contributed by atoms with Crippen molar-refractivity contribution in [1.29, 1.82) is 0 Å². The van der Waals surface area contributed by atoms with Crippen molar-refractivity contribution in [2.75, 3.05) is 5.32 Å². The molecule has 0 aromatic heterocycles. The highest BCUT2D eigenvalue weighted by atomic mass is 32.1. The summed E-state index contributed by atoms with van der Waals surface area (Å²) in [6.45, 7) is 5.75. The zero-order valence-electron chi connectivity index (χ0n) is 12.8. The predicted octanol–water partition coefficient (Wildman–Crippen LogP) is 3.95. The minimum atomic E-state index is -0.834. The van der Waals surface area contributed by atoms with Crippen molar-refractivity contribution < 1.29 is 9.18 Å². The van der Waals surface area contributed by atoms with Crippen LogP contribution in [0.15, 0.2) is 18.2 Å².